The summed E-state index contributed by atoms with van der Waals surface area (Å²) in [6.07, 6.45) is 0.836. The molecule has 1 aromatic carbocycles. The predicted molar refractivity (Wildman–Crippen MR) is 132 cm³/mol. The summed E-state index contributed by atoms with van der Waals surface area (Å²) in [6.45, 7) is 6.86. The smallest absolute Gasteiger partial charge is 0.258 e. The SMILES string of the molecule is COc1ccc([C@@H]2C(C#N)=C(N)Oc3cc(C)n(CCC[NH+]4CCOCC4)c(=O)c32)c(OC)c1OC. The number of morpholine rings is 1. The molecule has 2 aliphatic rings. The average molecular weight is 498 g/mol. The molecule has 1 aromatic heterocycles. The number of nitriles is 1. The highest BCUT2D eigenvalue weighted by atomic mass is 16.5. The summed E-state index contributed by atoms with van der Waals surface area (Å²) in [5.74, 6) is 0.690. The van der Waals surface area contributed by atoms with Crippen LogP contribution in [-0.4, -0.2) is 58.7 Å². The monoisotopic (exact) mass is 497 g/mol. The first kappa shape index (κ1) is 25.4. The lowest BCUT2D eigenvalue weighted by Crippen LogP contribution is -3.14. The number of nitrogens with zero attached hydrogens (tertiary/aromatic N) is 2. The fraction of sp³-hybridized carbons (Fsp3) is 0.462. The van der Waals surface area contributed by atoms with E-state index in [4.69, 9.17) is 29.4 Å². The highest BCUT2D eigenvalue weighted by Gasteiger charge is 2.37. The first-order chi connectivity index (χ1) is 17.4. The molecule has 10 heteroatoms. The summed E-state index contributed by atoms with van der Waals surface area (Å²) >= 11 is 0. The van der Waals surface area contributed by atoms with Gasteiger partial charge in [-0.1, -0.05) is 6.07 Å². The van der Waals surface area contributed by atoms with Gasteiger partial charge in [-0.05, 0) is 13.0 Å². The number of ether oxygens (including phenoxy) is 5. The van der Waals surface area contributed by atoms with Crippen LogP contribution in [0.4, 0.5) is 0 Å². The van der Waals surface area contributed by atoms with Crippen molar-refractivity contribution in [3.8, 4) is 29.1 Å². The molecule has 2 aromatic rings. The Balaban J connectivity index is 1.80. The first-order valence-corrected chi connectivity index (χ1v) is 12.0. The summed E-state index contributed by atoms with van der Waals surface area (Å²) in [7, 11) is 4.53. The third-order valence-corrected chi connectivity index (χ3v) is 6.85. The number of rotatable bonds is 8. The molecule has 0 spiro atoms. The summed E-state index contributed by atoms with van der Waals surface area (Å²) < 4.78 is 29.6. The lowest BCUT2D eigenvalue weighted by Gasteiger charge is -2.29. The van der Waals surface area contributed by atoms with Gasteiger partial charge in [0.2, 0.25) is 11.6 Å². The van der Waals surface area contributed by atoms with E-state index < -0.39 is 5.92 Å². The summed E-state index contributed by atoms with van der Waals surface area (Å²) in [6, 6.07) is 7.43. The minimum Gasteiger partial charge on any atom is -0.493 e. The van der Waals surface area contributed by atoms with Gasteiger partial charge in [-0.2, -0.15) is 5.26 Å². The minimum absolute atomic E-state index is 0.0423. The maximum absolute atomic E-state index is 13.9. The topological polar surface area (TPSA) is 122 Å². The Morgan fingerprint density at radius 1 is 1.17 bits per heavy atom. The molecule has 3 heterocycles. The van der Waals surface area contributed by atoms with Crippen molar-refractivity contribution in [3.63, 3.8) is 0 Å². The van der Waals surface area contributed by atoms with Gasteiger partial charge in [-0.25, -0.2) is 0 Å². The van der Waals surface area contributed by atoms with Crippen LogP contribution < -0.4 is 35.1 Å². The zero-order chi connectivity index (χ0) is 25.8. The van der Waals surface area contributed by atoms with Crippen molar-refractivity contribution in [2.75, 3.05) is 54.2 Å². The normalized spacial score (nSPS) is 17.7. The maximum atomic E-state index is 13.9. The van der Waals surface area contributed by atoms with E-state index in [0.29, 0.717) is 40.7 Å². The van der Waals surface area contributed by atoms with E-state index in [-0.39, 0.29) is 17.0 Å². The largest absolute Gasteiger partial charge is 0.493 e. The Morgan fingerprint density at radius 3 is 2.53 bits per heavy atom. The molecule has 0 amide bonds. The lowest BCUT2D eigenvalue weighted by atomic mass is 9.83. The Hall–Kier alpha value is -3.68. The third-order valence-electron chi connectivity index (χ3n) is 6.85. The number of hydrogen-bond acceptors (Lipinski definition) is 8. The van der Waals surface area contributed by atoms with E-state index in [1.54, 1.807) is 22.8 Å². The fourth-order valence-electron chi connectivity index (χ4n) is 5.02. The zero-order valence-corrected chi connectivity index (χ0v) is 21.2. The number of allylic oxidation sites excluding steroid dienone is 1. The van der Waals surface area contributed by atoms with Crippen LogP contribution in [0.15, 0.2) is 34.4 Å². The molecule has 192 valence electrons. The molecule has 0 bridgehead atoms. The molecule has 10 nitrogen and oxygen atoms in total. The Morgan fingerprint density at radius 2 is 1.89 bits per heavy atom. The number of benzene rings is 1. The Labute approximate surface area is 210 Å². The van der Waals surface area contributed by atoms with Crippen LogP contribution in [0, 0.1) is 18.3 Å². The molecule has 1 fully saturated rings. The number of nitrogens with two attached hydrogens (primary N) is 1. The zero-order valence-electron chi connectivity index (χ0n) is 21.2. The molecule has 2 aliphatic heterocycles. The molecular formula is C26H33N4O6+. The molecule has 0 saturated carbocycles. The predicted octanol–water partition coefficient (Wildman–Crippen LogP) is 0.706. The maximum Gasteiger partial charge on any atom is 0.258 e. The molecule has 36 heavy (non-hydrogen) atoms. The van der Waals surface area contributed by atoms with E-state index >= 15 is 0 Å². The van der Waals surface area contributed by atoms with Crippen LogP contribution in [0.5, 0.6) is 23.0 Å². The second-order valence-electron chi connectivity index (χ2n) is 8.83. The molecule has 1 saturated heterocycles. The summed E-state index contributed by atoms with van der Waals surface area (Å²) in [5.41, 5.74) is 7.75. The molecule has 3 N–H and O–H groups in total. The van der Waals surface area contributed by atoms with Gasteiger partial charge in [0, 0.05) is 30.3 Å². The van der Waals surface area contributed by atoms with Crippen molar-refractivity contribution in [2.45, 2.75) is 25.8 Å². The van der Waals surface area contributed by atoms with E-state index in [1.165, 1.54) is 26.2 Å². The van der Waals surface area contributed by atoms with Crippen molar-refractivity contribution in [2.24, 2.45) is 5.73 Å². The van der Waals surface area contributed by atoms with Crippen molar-refractivity contribution in [1.82, 2.24) is 4.57 Å². The molecular weight excluding hydrogens is 464 g/mol. The number of fused-ring (bicyclic) bond motifs is 1. The van der Waals surface area contributed by atoms with Crippen molar-refractivity contribution in [1.29, 1.82) is 5.26 Å². The molecule has 0 aliphatic carbocycles. The Bertz CT molecular complexity index is 1260. The lowest BCUT2D eigenvalue weighted by molar-refractivity contribution is -0.908. The van der Waals surface area contributed by atoms with Crippen LogP contribution >= 0.6 is 0 Å². The highest BCUT2D eigenvalue weighted by molar-refractivity contribution is 5.64. The van der Waals surface area contributed by atoms with E-state index in [1.807, 2.05) is 6.92 Å². The number of aromatic nitrogens is 1. The van der Waals surface area contributed by atoms with Gasteiger partial charge >= 0.3 is 0 Å². The highest BCUT2D eigenvalue weighted by Crippen LogP contribution is 2.48. The van der Waals surface area contributed by atoms with Crippen molar-refractivity contribution in [3.05, 3.63) is 56.8 Å². The summed E-state index contributed by atoms with van der Waals surface area (Å²) in [5, 5.41) is 10.0. The number of aryl methyl sites for hydroxylation is 1. The van der Waals surface area contributed by atoms with Gasteiger partial charge in [0.15, 0.2) is 11.5 Å². The van der Waals surface area contributed by atoms with Gasteiger partial charge in [0.1, 0.15) is 30.5 Å². The van der Waals surface area contributed by atoms with E-state index in [0.717, 1.165) is 45.0 Å². The van der Waals surface area contributed by atoms with Gasteiger partial charge in [-0.3, -0.25) is 4.79 Å². The number of methoxy groups -OCH3 is 3. The molecule has 0 radical (unpaired) electrons. The standard InChI is InChI=1S/C26H32N4O6/c1-16-14-20-22(26(31)30(16)9-5-8-29-10-12-35-13-11-29)21(18(15-27)25(28)36-20)17-6-7-19(32-2)24(34-4)23(17)33-3/h6-7,14,21H,5,8-13,28H2,1-4H3/p+1/t21-/m1/s1. The molecule has 1 atom stereocenters. The third kappa shape index (κ3) is 4.59. The number of hydrogen-bond donors (Lipinski definition) is 2. The Kier molecular flexibility index (Phi) is 7.72. The average Bonchev–Trinajstić information content (AvgIpc) is 2.89. The molecule has 0 unspecified atom stereocenters. The number of quaternary nitrogens is 1. The van der Waals surface area contributed by atoms with Crippen LogP contribution in [0.2, 0.25) is 0 Å². The number of nitrogens with one attached hydrogen (secondary N) is 1. The van der Waals surface area contributed by atoms with E-state index in [2.05, 4.69) is 6.07 Å². The van der Waals surface area contributed by atoms with E-state index in [9.17, 15) is 10.1 Å². The van der Waals surface area contributed by atoms with Gasteiger partial charge in [-0.15, -0.1) is 0 Å². The van der Waals surface area contributed by atoms with Crippen LogP contribution in [-0.2, 0) is 11.3 Å². The van der Waals surface area contributed by atoms with Crippen molar-refractivity contribution < 1.29 is 28.6 Å². The van der Waals surface area contributed by atoms with Crippen molar-refractivity contribution >= 4 is 0 Å². The minimum atomic E-state index is -0.794. The summed E-state index contributed by atoms with van der Waals surface area (Å²) in [4.78, 5) is 15.4. The molecule has 4 rings (SSSR count). The van der Waals surface area contributed by atoms with Crippen LogP contribution in [0.3, 0.4) is 0 Å². The quantitative estimate of drug-likeness (QED) is 0.547. The fourth-order valence-corrected chi connectivity index (χ4v) is 5.02. The van der Waals surface area contributed by atoms with Crippen LogP contribution in [0.1, 0.15) is 29.2 Å². The van der Waals surface area contributed by atoms with Gasteiger partial charge in [0.05, 0.1) is 52.6 Å². The second kappa shape index (κ2) is 10.9. The van der Waals surface area contributed by atoms with Gasteiger partial charge < -0.3 is 38.9 Å². The second-order valence-corrected chi connectivity index (χ2v) is 8.83. The van der Waals surface area contributed by atoms with Gasteiger partial charge in [0.25, 0.3) is 5.56 Å². The number of pyridine rings is 1. The van der Waals surface area contributed by atoms with Crippen LogP contribution in [0.25, 0.3) is 0 Å². The first-order valence-electron chi connectivity index (χ1n) is 12.0.